The maximum atomic E-state index is 11.9. The van der Waals surface area contributed by atoms with E-state index in [0.717, 1.165) is 0 Å². The molecule has 1 saturated heterocycles. The number of hydrogen-bond donors (Lipinski definition) is 1. The molecule has 15 heavy (non-hydrogen) atoms. The van der Waals surface area contributed by atoms with Gasteiger partial charge < -0.3 is 15.1 Å². The van der Waals surface area contributed by atoms with E-state index in [0.29, 0.717) is 26.2 Å². The third-order valence-corrected chi connectivity index (χ3v) is 2.79. The minimum absolute atomic E-state index is 0.0250. The van der Waals surface area contributed by atoms with E-state index in [1.807, 2.05) is 13.8 Å². The number of rotatable bonds is 4. The van der Waals surface area contributed by atoms with Crippen molar-refractivity contribution in [2.24, 2.45) is 0 Å². The number of hydrogen-bond acceptors (Lipinski definition) is 2. The highest BCUT2D eigenvalue weighted by Crippen LogP contribution is 2.07. The van der Waals surface area contributed by atoms with Gasteiger partial charge in [0.15, 0.2) is 0 Å². The van der Waals surface area contributed by atoms with Gasteiger partial charge in [-0.3, -0.25) is 4.79 Å². The minimum Gasteiger partial charge on any atom is -0.341 e. The summed E-state index contributed by atoms with van der Waals surface area (Å²) in [6.07, 6.45) is 0. The Kier molecular flexibility index (Phi) is 3.94. The molecule has 0 aromatic carbocycles. The maximum Gasteiger partial charge on any atom is 0.318 e. The molecule has 3 amide bonds. The van der Waals surface area contributed by atoms with Gasteiger partial charge in [0.1, 0.15) is 6.04 Å². The van der Waals surface area contributed by atoms with E-state index < -0.39 is 0 Å². The van der Waals surface area contributed by atoms with Crippen molar-refractivity contribution < 1.29 is 9.59 Å². The third-order valence-electron chi connectivity index (χ3n) is 2.79. The largest absolute Gasteiger partial charge is 0.341 e. The highest BCUT2D eigenvalue weighted by atomic mass is 16.2. The van der Waals surface area contributed by atoms with Crippen molar-refractivity contribution in [1.29, 1.82) is 0 Å². The Morgan fingerprint density at radius 1 is 1.53 bits per heavy atom. The second kappa shape index (κ2) is 5.00. The number of amides is 3. The van der Waals surface area contributed by atoms with Crippen LogP contribution in [0.1, 0.15) is 20.8 Å². The maximum absolute atomic E-state index is 11.9. The monoisotopic (exact) mass is 213 g/mol. The van der Waals surface area contributed by atoms with Gasteiger partial charge in [0.25, 0.3) is 0 Å². The highest BCUT2D eigenvalue weighted by molar-refractivity contribution is 5.87. The molecule has 0 radical (unpaired) electrons. The molecule has 0 aromatic rings. The molecule has 0 aliphatic carbocycles. The summed E-state index contributed by atoms with van der Waals surface area (Å²) in [6.45, 7) is 8.30. The molecule has 0 saturated carbocycles. The Bertz CT molecular complexity index is 251. The van der Waals surface area contributed by atoms with Gasteiger partial charge in [-0.25, -0.2) is 4.79 Å². The lowest BCUT2D eigenvalue weighted by Crippen LogP contribution is -2.48. The standard InChI is InChI=1S/C10H19N3O2/c1-4-12(5-2)9(14)8(3)13-7-6-11-10(13)15/h8H,4-7H2,1-3H3,(H,11,15). The fourth-order valence-corrected chi connectivity index (χ4v) is 1.79. The zero-order valence-corrected chi connectivity index (χ0v) is 9.62. The molecule has 1 fully saturated rings. The molecule has 1 rings (SSSR count). The second-order valence-electron chi connectivity index (χ2n) is 3.61. The van der Waals surface area contributed by atoms with Crippen molar-refractivity contribution in [2.75, 3.05) is 26.2 Å². The summed E-state index contributed by atoms with van der Waals surface area (Å²) in [6, 6.07) is -0.490. The average molecular weight is 213 g/mol. The van der Waals surface area contributed by atoms with Crippen LogP contribution >= 0.6 is 0 Å². The zero-order chi connectivity index (χ0) is 11.4. The number of nitrogens with one attached hydrogen (secondary N) is 1. The molecule has 1 N–H and O–H groups in total. The fraction of sp³-hybridized carbons (Fsp3) is 0.800. The van der Waals surface area contributed by atoms with Crippen LogP contribution in [0.15, 0.2) is 0 Å². The Labute approximate surface area is 90.4 Å². The summed E-state index contributed by atoms with van der Waals surface area (Å²) >= 11 is 0. The fourth-order valence-electron chi connectivity index (χ4n) is 1.79. The number of nitrogens with zero attached hydrogens (tertiary/aromatic N) is 2. The lowest BCUT2D eigenvalue weighted by molar-refractivity contribution is -0.134. The minimum atomic E-state index is -0.354. The van der Waals surface area contributed by atoms with Crippen molar-refractivity contribution >= 4 is 11.9 Å². The SMILES string of the molecule is CCN(CC)C(=O)C(C)N1CCNC1=O. The van der Waals surface area contributed by atoms with Crippen molar-refractivity contribution in [3.8, 4) is 0 Å². The van der Waals surface area contributed by atoms with Crippen molar-refractivity contribution in [3.05, 3.63) is 0 Å². The molecule has 0 bridgehead atoms. The predicted octanol–water partition coefficient (Wildman–Crippen LogP) is 0.269. The summed E-state index contributed by atoms with van der Waals surface area (Å²) in [5.74, 6) is 0.0250. The quantitative estimate of drug-likeness (QED) is 0.728. The second-order valence-corrected chi connectivity index (χ2v) is 3.61. The van der Waals surface area contributed by atoms with Gasteiger partial charge in [0, 0.05) is 26.2 Å². The predicted molar refractivity (Wildman–Crippen MR) is 57.5 cm³/mol. The van der Waals surface area contributed by atoms with Gasteiger partial charge in [-0.2, -0.15) is 0 Å². The van der Waals surface area contributed by atoms with Gasteiger partial charge in [-0.05, 0) is 20.8 Å². The molecule has 1 aliphatic rings. The lowest BCUT2D eigenvalue weighted by atomic mass is 10.2. The molecular weight excluding hydrogens is 194 g/mol. The van der Waals surface area contributed by atoms with E-state index in [-0.39, 0.29) is 18.0 Å². The number of likely N-dealkylation sites (N-methyl/N-ethyl adjacent to an activating group) is 1. The Morgan fingerprint density at radius 3 is 2.53 bits per heavy atom. The van der Waals surface area contributed by atoms with Crippen molar-refractivity contribution in [3.63, 3.8) is 0 Å². The first-order valence-electron chi connectivity index (χ1n) is 5.45. The van der Waals surface area contributed by atoms with Gasteiger partial charge in [0.05, 0.1) is 0 Å². The normalized spacial score (nSPS) is 17.5. The number of carbonyl (C=O) groups excluding carboxylic acids is 2. The molecule has 1 unspecified atom stereocenters. The number of carbonyl (C=O) groups is 2. The summed E-state index contributed by atoms with van der Waals surface area (Å²) < 4.78 is 0. The molecular formula is C10H19N3O2. The topological polar surface area (TPSA) is 52.7 Å². The Balaban J connectivity index is 2.62. The average Bonchev–Trinajstić information content (AvgIpc) is 2.65. The van der Waals surface area contributed by atoms with Crippen LogP contribution in [0.5, 0.6) is 0 Å². The summed E-state index contributed by atoms with van der Waals surface area (Å²) in [5, 5.41) is 2.70. The van der Waals surface area contributed by atoms with Crippen LogP contribution in [0.4, 0.5) is 4.79 Å². The Hall–Kier alpha value is -1.26. The first-order chi connectivity index (χ1) is 7.11. The molecule has 0 spiro atoms. The molecule has 1 heterocycles. The van der Waals surface area contributed by atoms with E-state index in [1.54, 1.807) is 16.7 Å². The summed E-state index contributed by atoms with van der Waals surface area (Å²) in [7, 11) is 0. The van der Waals surface area contributed by atoms with Gasteiger partial charge in [-0.1, -0.05) is 0 Å². The van der Waals surface area contributed by atoms with Crippen LogP contribution < -0.4 is 5.32 Å². The summed E-state index contributed by atoms with van der Waals surface area (Å²) in [5.41, 5.74) is 0. The van der Waals surface area contributed by atoms with Crippen LogP contribution in [0, 0.1) is 0 Å². The van der Waals surface area contributed by atoms with E-state index >= 15 is 0 Å². The first kappa shape index (κ1) is 11.8. The van der Waals surface area contributed by atoms with Crippen LogP contribution in [0.3, 0.4) is 0 Å². The van der Waals surface area contributed by atoms with Crippen LogP contribution in [-0.2, 0) is 4.79 Å². The van der Waals surface area contributed by atoms with E-state index in [4.69, 9.17) is 0 Å². The van der Waals surface area contributed by atoms with Crippen LogP contribution in [0.2, 0.25) is 0 Å². The lowest BCUT2D eigenvalue weighted by Gasteiger charge is -2.28. The third kappa shape index (κ3) is 2.40. The molecule has 5 nitrogen and oxygen atoms in total. The first-order valence-corrected chi connectivity index (χ1v) is 5.45. The van der Waals surface area contributed by atoms with Gasteiger partial charge >= 0.3 is 6.03 Å². The molecule has 0 aromatic heterocycles. The molecule has 1 aliphatic heterocycles. The van der Waals surface area contributed by atoms with Crippen molar-refractivity contribution in [1.82, 2.24) is 15.1 Å². The van der Waals surface area contributed by atoms with Crippen LogP contribution in [-0.4, -0.2) is 54.0 Å². The smallest absolute Gasteiger partial charge is 0.318 e. The molecule has 86 valence electrons. The highest BCUT2D eigenvalue weighted by Gasteiger charge is 2.30. The number of urea groups is 1. The molecule has 5 heteroatoms. The molecule has 1 atom stereocenters. The van der Waals surface area contributed by atoms with Crippen molar-refractivity contribution in [2.45, 2.75) is 26.8 Å². The van der Waals surface area contributed by atoms with E-state index in [2.05, 4.69) is 5.32 Å². The summed E-state index contributed by atoms with van der Waals surface area (Å²) in [4.78, 5) is 26.6. The van der Waals surface area contributed by atoms with Gasteiger partial charge in [-0.15, -0.1) is 0 Å². The Morgan fingerprint density at radius 2 is 2.13 bits per heavy atom. The van der Waals surface area contributed by atoms with Gasteiger partial charge in [0.2, 0.25) is 5.91 Å². The van der Waals surface area contributed by atoms with E-state index in [1.165, 1.54) is 0 Å². The van der Waals surface area contributed by atoms with E-state index in [9.17, 15) is 9.59 Å². The van der Waals surface area contributed by atoms with Crippen LogP contribution in [0.25, 0.3) is 0 Å². The zero-order valence-electron chi connectivity index (χ0n) is 9.62.